The molecule has 0 saturated heterocycles. The van der Waals surface area contributed by atoms with Crippen molar-refractivity contribution >= 4 is 17.4 Å². The minimum atomic E-state index is -0.452. The summed E-state index contributed by atoms with van der Waals surface area (Å²) in [5.74, 6) is -0.427. The smallest absolute Gasteiger partial charge is 0.337 e. The first kappa shape index (κ1) is 11.2. The van der Waals surface area contributed by atoms with Crippen molar-refractivity contribution in [1.82, 2.24) is 0 Å². The van der Waals surface area contributed by atoms with Crippen LogP contribution in [0.4, 0.5) is 5.69 Å². The van der Waals surface area contributed by atoms with E-state index < -0.39 is 5.97 Å². The number of carbonyl (C=O) groups is 2. The zero-order valence-electron chi connectivity index (χ0n) is 8.74. The molecule has 0 amide bonds. The van der Waals surface area contributed by atoms with Gasteiger partial charge in [-0.05, 0) is 30.7 Å². The van der Waals surface area contributed by atoms with E-state index in [2.05, 4.69) is 4.74 Å². The fourth-order valence-electron chi connectivity index (χ4n) is 1.34. The van der Waals surface area contributed by atoms with Gasteiger partial charge in [0.1, 0.15) is 5.78 Å². The van der Waals surface area contributed by atoms with Gasteiger partial charge in [-0.3, -0.25) is 4.79 Å². The third kappa shape index (κ3) is 3.09. The molecule has 0 radical (unpaired) electrons. The lowest BCUT2D eigenvalue weighted by Crippen LogP contribution is -2.05. The molecule has 4 nitrogen and oxygen atoms in total. The van der Waals surface area contributed by atoms with Crippen LogP contribution in [0.2, 0.25) is 0 Å². The molecule has 0 spiro atoms. The van der Waals surface area contributed by atoms with Crippen LogP contribution >= 0.6 is 0 Å². The van der Waals surface area contributed by atoms with Crippen molar-refractivity contribution < 1.29 is 14.3 Å². The molecule has 0 aliphatic carbocycles. The highest BCUT2D eigenvalue weighted by Crippen LogP contribution is 2.13. The van der Waals surface area contributed by atoms with E-state index in [4.69, 9.17) is 5.73 Å². The third-order valence-electron chi connectivity index (χ3n) is 1.89. The maximum Gasteiger partial charge on any atom is 0.337 e. The van der Waals surface area contributed by atoms with Crippen LogP contribution in [0, 0.1) is 0 Å². The van der Waals surface area contributed by atoms with Gasteiger partial charge in [0.05, 0.1) is 12.7 Å². The van der Waals surface area contributed by atoms with Crippen molar-refractivity contribution in [1.29, 1.82) is 0 Å². The quantitative estimate of drug-likeness (QED) is 0.597. The van der Waals surface area contributed by atoms with E-state index in [0.717, 1.165) is 5.56 Å². The number of rotatable bonds is 3. The highest BCUT2D eigenvalue weighted by Gasteiger charge is 2.08. The summed E-state index contributed by atoms with van der Waals surface area (Å²) in [6, 6.07) is 4.81. The summed E-state index contributed by atoms with van der Waals surface area (Å²) in [5, 5.41) is 0. The molecule has 80 valence electrons. The predicted octanol–water partition coefficient (Wildman–Crippen LogP) is 1.19. The third-order valence-corrected chi connectivity index (χ3v) is 1.89. The van der Waals surface area contributed by atoms with E-state index in [1.807, 2.05) is 0 Å². The van der Waals surface area contributed by atoms with Crippen LogP contribution in [0.1, 0.15) is 22.8 Å². The molecule has 4 heteroatoms. The molecular formula is C11H13NO3. The molecule has 0 heterocycles. The number of esters is 1. The lowest BCUT2D eigenvalue weighted by molar-refractivity contribution is -0.116. The van der Waals surface area contributed by atoms with Gasteiger partial charge in [0.25, 0.3) is 0 Å². The molecule has 15 heavy (non-hydrogen) atoms. The Bertz CT molecular complexity index is 399. The Morgan fingerprint density at radius 2 is 2.00 bits per heavy atom. The number of nitrogens with two attached hydrogens (primary N) is 1. The Labute approximate surface area is 88.0 Å². The second kappa shape index (κ2) is 4.59. The second-order valence-electron chi connectivity index (χ2n) is 3.33. The van der Waals surface area contributed by atoms with Crippen LogP contribution in [0.5, 0.6) is 0 Å². The van der Waals surface area contributed by atoms with Gasteiger partial charge in [-0.1, -0.05) is 0 Å². The number of carbonyl (C=O) groups excluding carboxylic acids is 2. The van der Waals surface area contributed by atoms with E-state index in [1.54, 1.807) is 12.1 Å². The molecule has 0 saturated carbocycles. The number of methoxy groups -OCH3 is 1. The normalized spacial score (nSPS) is 9.73. The lowest BCUT2D eigenvalue weighted by Gasteiger charge is -2.04. The molecule has 2 N–H and O–H groups in total. The number of benzene rings is 1. The van der Waals surface area contributed by atoms with Gasteiger partial charge >= 0.3 is 5.97 Å². The van der Waals surface area contributed by atoms with Gasteiger partial charge in [0.2, 0.25) is 0 Å². The van der Waals surface area contributed by atoms with Crippen molar-refractivity contribution in [3.8, 4) is 0 Å². The fourth-order valence-corrected chi connectivity index (χ4v) is 1.34. The average molecular weight is 207 g/mol. The van der Waals surface area contributed by atoms with E-state index in [1.165, 1.54) is 20.1 Å². The van der Waals surface area contributed by atoms with Gasteiger partial charge in [-0.25, -0.2) is 4.79 Å². The van der Waals surface area contributed by atoms with Crippen molar-refractivity contribution in [3.63, 3.8) is 0 Å². The highest BCUT2D eigenvalue weighted by molar-refractivity contribution is 5.91. The molecular weight excluding hydrogens is 194 g/mol. The van der Waals surface area contributed by atoms with Gasteiger partial charge in [-0.15, -0.1) is 0 Å². The number of ketones is 1. The summed E-state index contributed by atoms with van der Waals surface area (Å²) in [5.41, 5.74) is 7.16. The maximum absolute atomic E-state index is 11.2. The van der Waals surface area contributed by atoms with Crippen LogP contribution in [0.15, 0.2) is 18.2 Å². The fraction of sp³-hybridized carbons (Fsp3) is 0.273. The molecule has 1 aromatic rings. The summed E-state index contributed by atoms with van der Waals surface area (Å²) < 4.78 is 4.57. The van der Waals surface area contributed by atoms with Gasteiger partial charge < -0.3 is 10.5 Å². The van der Waals surface area contributed by atoms with Gasteiger partial charge in [0.15, 0.2) is 0 Å². The average Bonchev–Trinajstić information content (AvgIpc) is 2.14. The Kier molecular flexibility index (Phi) is 3.44. The van der Waals surface area contributed by atoms with Crippen LogP contribution < -0.4 is 5.73 Å². The second-order valence-corrected chi connectivity index (χ2v) is 3.33. The highest BCUT2D eigenvalue weighted by atomic mass is 16.5. The monoisotopic (exact) mass is 207 g/mol. The SMILES string of the molecule is COC(=O)c1cc(N)cc(CC(C)=O)c1. The van der Waals surface area contributed by atoms with Crippen molar-refractivity contribution in [2.24, 2.45) is 0 Å². The number of anilines is 1. The first-order chi connectivity index (χ1) is 7.02. The molecule has 0 aliphatic heterocycles. The zero-order chi connectivity index (χ0) is 11.4. The van der Waals surface area contributed by atoms with Crippen molar-refractivity contribution in [3.05, 3.63) is 29.3 Å². The molecule has 0 unspecified atom stereocenters. The first-order valence-corrected chi connectivity index (χ1v) is 4.50. The van der Waals surface area contributed by atoms with Crippen molar-refractivity contribution in [2.75, 3.05) is 12.8 Å². The maximum atomic E-state index is 11.2. The number of hydrogen-bond donors (Lipinski definition) is 1. The van der Waals surface area contributed by atoms with Gasteiger partial charge in [0, 0.05) is 12.1 Å². The Hall–Kier alpha value is -1.84. The van der Waals surface area contributed by atoms with E-state index in [0.29, 0.717) is 11.3 Å². The van der Waals surface area contributed by atoms with Crippen molar-refractivity contribution in [2.45, 2.75) is 13.3 Å². The molecule has 0 aromatic heterocycles. The van der Waals surface area contributed by atoms with E-state index in [-0.39, 0.29) is 12.2 Å². The Morgan fingerprint density at radius 3 is 2.53 bits per heavy atom. The van der Waals surface area contributed by atoms with Gasteiger partial charge in [-0.2, -0.15) is 0 Å². The molecule has 0 aliphatic rings. The largest absolute Gasteiger partial charge is 0.465 e. The molecule has 0 atom stereocenters. The van der Waals surface area contributed by atoms with E-state index in [9.17, 15) is 9.59 Å². The minimum Gasteiger partial charge on any atom is -0.465 e. The summed E-state index contributed by atoms with van der Waals surface area (Å²) in [6.45, 7) is 1.49. The Morgan fingerprint density at radius 1 is 1.33 bits per heavy atom. The lowest BCUT2D eigenvalue weighted by atomic mass is 10.1. The molecule has 0 bridgehead atoms. The van der Waals surface area contributed by atoms with Crippen LogP contribution in [0.3, 0.4) is 0 Å². The summed E-state index contributed by atoms with van der Waals surface area (Å²) >= 11 is 0. The van der Waals surface area contributed by atoms with Crippen LogP contribution in [0.25, 0.3) is 0 Å². The zero-order valence-corrected chi connectivity index (χ0v) is 8.74. The molecule has 1 rings (SSSR count). The number of ether oxygens (including phenoxy) is 1. The first-order valence-electron chi connectivity index (χ1n) is 4.50. The summed E-state index contributed by atoms with van der Waals surface area (Å²) in [7, 11) is 1.30. The summed E-state index contributed by atoms with van der Waals surface area (Å²) in [4.78, 5) is 22.2. The Balaban J connectivity index is 3.04. The minimum absolute atomic E-state index is 0.0245. The predicted molar refractivity (Wildman–Crippen MR) is 56.6 cm³/mol. The summed E-state index contributed by atoms with van der Waals surface area (Å²) in [6.07, 6.45) is 0.273. The standard InChI is InChI=1S/C11H13NO3/c1-7(13)3-8-4-9(11(14)15-2)6-10(12)5-8/h4-6H,3,12H2,1-2H3. The number of Topliss-reactive ketones (excluding diaryl/α,β-unsaturated/α-hetero) is 1. The van der Waals surface area contributed by atoms with E-state index >= 15 is 0 Å². The molecule has 0 fully saturated rings. The number of hydrogen-bond acceptors (Lipinski definition) is 4. The topological polar surface area (TPSA) is 69.4 Å². The number of nitrogen functional groups attached to an aromatic ring is 1. The molecule has 1 aromatic carbocycles. The van der Waals surface area contributed by atoms with Crippen LogP contribution in [-0.2, 0) is 16.0 Å². The van der Waals surface area contributed by atoms with Crippen LogP contribution in [-0.4, -0.2) is 18.9 Å².